The average Bonchev–Trinajstić information content (AvgIpc) is 2.66. The van der Waals surface area contributed by atoms with Gasteiger partial charge in [-0.1, -0.05) is 42.5 Å². The highest BCUT2D eigenvalue weighted by Gasteiger charge is 2.29. The molecule has 1 aliphatic rings. The van der Waals surface area contributed by atoms with Crippen molar-refractivity contribution in [3.8, 4) is 0 Å². The molecule has 27 heavy (non-hydrogen) atoms. The summed E-state index contributed by atoms with van der Waals surface area (Å²) in [6.45, 7) is 2.70. The van der Waals surface area contributed by atoms with Gasteiger partial charge in [-0.2, -0.15) is 0 Å². The van der Waals surface area contributed by atoms with Crippen LogP contribution in [-0.4, -0.2) is 41.9 Å². The molecule has 0 bridgehead atoms. The number of benzene rings is 2. The van der Waals surface area contributed by atoms with Crippen LogP contribution in [-0.2, 0) is 16.0 Å². The first-order valence-electron chi connectivity index (χ1n) is 9.34. The molecule has 2 aromatic carbocycles. The Labute approximate surface area is 166 Å². The number of nitrogens with one attached hydrogen (secondary N) is 1. The molecule has 2 unspecified atom stereocenters. The molecule has 0 aromatic heterocycles. The second-order valence-electron chi connectivity index (χ2n) is 7.10. The summed E-state index contributed by atoms with van der Waals surface area (Å²) in [5.74, 6) is -0.178. The second kappa shape index (κ2) is 9.72. The predicted octanol–water partition coefficient (Wildman–Crippen LogP) is 2.65. The van der Waals surface area contributed by atoms with Crippen molar-refractivity contribution in [1.82, 2.24) is 10.2 Å². The summed E-state index contributed by atoms with van der Waals surface area (Å²) in [6.07, 6.45) is 3.31. The molecule has 2 atom stereocenters. The third-order valence-electron chi connectivity index (χ3n) is 5.14. The lowest BCUT2D eigenvalue weighted by atomic mass is 9.97. The number of fused-ring (bicyclic) bond motifs is 1. The van der Waals surface area contributed by atoms with E-state index in [1.54, 1.807) is 0 Å². The van der Waals surface area contributed by atoms with Crippen LogP contribution in [0, 0.1) is 0 Å². The van der Waals surface area contributed by atoms with Crippen molar-refractivity contribution < 1.29 is 9.59 Å². The SMILES string of the molecule is CC(N)C1CCCCN1C(=O)CNC(=O)Cc1cccc2ccccc12.Cl. The van der Waals surface area contributed by atoms with Gasteiger partial charge in [0.25, 0.3) is 0 Å². The molecular formula is C21H28ClN3O2. The van der Waals surface area contributed by atoms with E-state index in [0.717, 1.165) is 42.1 Å². The van der Waals surface area contributed by atoms with Gasteiger partial charge in [0.2, 0.25) is 11.8 Å². The van der Waals surface area contributed by atoms with E-state index in [1.807, 2.05) is 54.3 Å². The van der Waals surface area contributed by atoms with Crippen LogP contribution < -0.4 is 11.1 Å². The third kappa shape index (κ3) is 5.21. The summed E-state index contributed by atoms with van der Waals surface area (Å²) in [7, 11) is 0. The first-order valence-corrected chi connectivity index (χ1v) is 9.34. The van der Waals surface area contributed by atoms with Gasteiger partial charge in [0.1, 0.15) is 0 Å². The van der Waals surface area contributed by atoms with Crippen LogP contribution in [0.2, 0.25) is 0 Å². The Kier molecular flexibility index (Phi) is 7.63. The van der Waals surface area contributed by atoms with Gasteiger partial charge in [0, 0.05) is 18.6 Å². The summed E-state index contributed by atoms with van der Waals surface area (Å²) in [5.41, 5.74) is 7.00. The Balaban J connectivity index is 0.00000261. The molecule has 0 saturated carbocycles. The Morgan fingerprint density at radius 3 is 2.70 bits per heavy atom. The van der Waals surface area contributed by atoms with Crippen molar-refractivity contribution >= 4 is 35.0 Å². The summed E-state index contributed by atoms with van der Waals surface area (Å²) < 4.78 is 0. The van der Waals surface area contributed by atoms with E-state index in [4.69, 9.17) is 5.73 Å². The Bertz CT molecular complexity index is 789. The van der Waals surface area contributed by atoms with Crippen LogP contribution in [0.25, 0.3) is 10.8 Å². The molecule has 3 N–H and O–H groups in total. The van der Waals surface area contributed by atoms with Gasteiger partial charge in [-0.25, -0.2) is 0 Å². The molecule has 1 saturated heterocycles. The summed E-state index contributed by atoms with van der Waals surface area (Å²) in [4.78, 5) is 26.7. The maximum Gasteiger partial charge on any atom is 0.242 e. The zero-order chi connectivity index (χ0) is 18.5. The normalized spacial score (nSPS) is 17.9. The van der Waals surface area contributed by atoms with Gasteiger partial charge < -0.3 is 16.0 Å². The van der Waals surface area contributed by atoms with Crippen molar-refractivity contribution in [3.05, 3.63) is 48.0 Å². The van der Waals surface area contributed by atoms with Crippen LogP contribution in [0.5, 0.6) is 0 Å². The number of hydrogen-bond acceptors (Lipinski definition) is 3. The Morgan fingerprint density at radius 1 is 1.19 bits per heavy atom. The van der Waals surface area contributed by atoms with Gasteiger partial charge in [-0.3, -0.25) is 9.59 Å². The van der Waals surface area contributed by atoms with Crippen LogP contribution in [0.1, 0.15) is 31.7 Å². The van der Waals surface area contributed by atoms with Gasteiger partial charge in [-0.05, 0) is 42.5 Å². The first-order chi connectivity index (χ1) is 12.6. The second-order valence-corrected chi connectivity index (χ2v) is 7.10. The molecule has 0 radical (unpaired) electrons. The molecular weight excluding hydrogens is 362 g/mol. The van der Waals surface area contributed by atoms with Crippen molar-refractivity contribution in [1.29, 1.82) is 0 Å². The van der Waals surface area contributed by atoms with Crippen molar-refractivity contribution in [3.63, 3.8) is 0 Å². The summed E-state index contributed by atoms with van der Waals surface area (Å²) in [6, 6.07) is 14.0. The van der Waals surface area contributed by atoms with E-state index in [1.165, 1.54) is 0 Å². The monoisotopic (exact) mass is 389 g/mol. The molecule has 6 heteroatoms. The number of hydrogen-bond donors (Lipinski definition) is 2. The van der Waals surface area contributed by atoms with Crippen molar-refractivity contribution in [2.45, 2.75) is 44.7 Å². The molecule has 2 aromatic rings. The lowest BCUT2D eigenvalue weighted by Crippen LogP contribution is -2.54. The fraction of sp³-hybridized carbons (Fsp3) is 0.429. The van der Waals surface area contributed by atoms with E-state index >= 15 is 0 Å². The largest absolute Gasteiger partial charge is 0.347 e. The van der Waals surface area contributed by atoms with Gasteiger partial charge in [0.15, 0.2) is 0 Å². The molecule has 1 aliphatic heterocycles. The van der Waals surface area contributed by atoms with E-state index in [-0.39, 0.29) is 49.3 Å². The molecule has 2 amide bonds. The number of nitrogens with two attached hydrogens (primary N) is 1. The van der Waals surface area contributed by atoms with Crippen LogP contribution in [0.4, 0.5) is 0 Å². The summed E-state index contributed by atoms with van der Waals surface area (Å²) in [5, 5.41) is 4.97. The lowest BCUT2D eigenvalue weighted by Gasteiger charge is -2.38. The molecule has 5 nitrogen and oxygen atoms in total. The minimum Gasteiger partial charge on any atom is -0.347 e. The lowest BCUT2D eigenvalue weighted by molar-refractivity contribution is -0.136. The molecule has 146 valence electrons. The highest BCUT2D eigenvalue weighted by atomic mass is 35.5. The van der Waals surface area contributed by atoms with Crippen LogP contribution in [0.15, 0.2) is 42.5 Å². The van der Waals surface area contributed by atoms with Crippen molar-refractivity contribution in [2.75, 3.05) is 13.1 Å². The van der Waals surface area contributed by atoms with E-state index < -0.39 is 0 Å². The topological polar surface area (TPSA) is 75.4 Å². The first kappa shape index (κ1) is 21.2. The molecule has 3 rings (SSSR count). The maximum absolute atomic E-state index is 12.5. The van der Waals surface area contributed by atoms with Crippen LogP contribution >= 0.6 is 12.4 Å². The average molecular weight is 390 g/mol. The molecule has 1 fully saturated rings. The number of halogens is 1. The number of likely N-dealkylation sites (tertiary alicyclic amines) is 1. The molecule has 0 aliphatic carbocycles. The fourth-order valence-electron chi connectivity index (χ4n) is 3.77. The Morgan fingerprint density at radius 2 is 1.93 bits per heavy atom. The quantitative estimate of drug-likeness (QED) is 0.825. The van der Waals surface area contributed by atoms with E-state index in [2.05, 4.69) is 5.32 Å². The third-order valence-corrected chi connectivity index (χ3v) is 5.14. The number of piperidine rings is 1. The zero-order valence-electron chi connectivity index (χ0n) is 15.7. The standard InChI is InChI=1S/C21H27N3O2.ClH/c1-15(22)19-11-4-5-12-24(19)21(26)14-23-20(25)13-17-9-6-8-16-7-2-3-10-18(16)17;/h2-3,6-10,15,19H,4-5,11-14,22H2,1H3,(H,23,25);1H. The smallest absolute Gasteiger partial charge is 0.242 e. The molecule has 0 spiro atoms. The number of nitrogens with zero attached hydrogens (tertiary/aromatic N) is 1. The Hall–Kier alpha value is -2.11. The predicted molar refractivity (Wildman–Crippen MR) is 111 cm³/mol. The van der Waals surface area contributed by atoms with Gasteiger partial charge in [-0.15, -0.1) is 12.4 Å². The van der Waals surface area contributed by atoms with Gasteiger partial charge >= 0.3 is 0 Å². The fourth-order valence-corrected chi connectivity index (χ4v) is 3.77. The molecule has 1 heterocycles. The van der Waals surface area contributed by atoms with E-state index in [9.17, 15) is 9.59 Å². The minimum absolute atomic E-state index is 0. The van der Waals surface area contributed by atoms with Crippen molar-refractivity contribution in [2.24, 2.45) is 5.73 Å². The zero-order valence-corrected chi connectivity index (χ0v) is 16.5. The van der Waals surface area contributed by atoms with Gasteiger partial charge in [0.05, 0.1) is 13.0 Å². The maximum atomic E-state index is 12.5. The number of rotatable bonds is 5. The number of amides is 2. The van der Waals surface area contributed by atoms with Crippen LogP contribution in [0.3, 0.4) is 0 Å². The highest BCUT2D eigenvalue weighted by Crippen LogP contribution is 2.20. The number of carbonyl (C=O) groups is 2. The minimum atomic E-state index is -0.135. The highest BCUT2D eigenvalue weighted by molar-refractivity contribution is 5.91. The number of carbonyl (C=O) groups excluding carboxylic acids is 2. The summed E-state index contributed by atoms with van der Waals surface area (Å²) >= 11 is 0. The van der Waals surface area contributed by atoms with E-state index in [0.29, 0.717) is 0 Å².